The lowest BCUT2D eigenvalue weighted by molar-refractivity contribution is 0.0986. The van der Waals surface area contributed by atoms with E-state index in [9.17, 15) is 4.79 Å². The Morgan fingerprint density at radius 1 is 1.05 bits per heavy atom. The smallest absolute Gasteiger partial charge is 0.260 e. The summed E-state index contributed by atoms with van der Waals surface area (Å²) in [6.45, 7) is 3.36. The molecule has 4 heteroatoms. The molecule has 0 saturated heterocycles. The second-order valence-corrected chi connectivity index (χ2v) is 5.69. The van der Waals surface area contributed by atoms with E-state index in [1.54, 1.807) is 11.0 Å². The number of carbonyl (C=O) groups is 1. The Balaban J connectivity index is 2.33. The third-order valence-corrected chi connectivity index (χ3v) is 3.52. The van der Waals surface area contributed by atoms with Crippen LogP contribution in [0.2, 0.25) is 0 Å². The highest BCUT2D eigenvalue weighted by molar-refractivity contribution is 6.09. The highest BCUT2D eigenvalue weighted by atomic mass is 16.2. The summed E-state index contributed by atoms with van der Waals surface area (Å²) >= 11 is 0. The fraction of sp³-hybridized carbons (Fsp3) is 0.278. The van der Waals surface area contributed by atoms with Crippen LogP contribution in [0.15, 0.2) is 48.5 Å². The summed E-state index contributed by atoms with van der Waals surface area (Å²) in [6, 6.07) is 15.3. The first-order valence-corrected chi connectivity index (χ1v) is 7.37. The molecule has 0 heterocycles. The van der Waals surface area contributed by atoms with Crippen LogP contribution in [0.5, 0.6) is 0 Å². The number of para-hydroxylation sites is 1. The second-order valence-electron chi connectivity index (χ2n) is 5.69. The highest BCUT2D eigenvalue weighted by Gasteiger charge is 2.19. The van der Waals surface area contributed by atoms with Crippen LogP contribution in [-0.2, 0) is 0 Å². The van der Waals surface area contributed by atoms with E-state index in [1.165, 1.54) is 0 Å². The topological polar surface area (TPSA) is 49.6 Å². The zero-order valence-electron chi connectivity index (χ0n) is 13.4. The molecule has 0 fully saturated rings. The van der Waals surface area contributed by atoms with E-state index in [1.807, 2.05) is 63.5 Å². The number of benzene rings is 2. The summed E-state index contributed by atoms with van der Waals surface area (Å²) in [5.41, 5.74) is 9.04. The molecule has 0 aliphatic heterocycles. The Morgan fingerprint density at radius 2 is 1.73 bits per heavy atom. The molecule has 2 rings (SSSR count). The van der Waals surface area contributed by atoms with Crippen molar-refractivity contribution in [3.63, 3.8) is 0 Å². The summed E-state index contributed by atoms with van der Waals surface area (Å²) in [7, 11) is 3.99. The van der Waals surface area contributed by atoms with E-state index in [0.29, 0.717) is 17.8 Å². The Kier molecular flexibility index (Phi) is 5.17. The molecule has 0 spiro atoms. The summed E-state index contributed by atoms with van der Waals surface area (Å²) in [5.74, 6) is -0.0643. The van der Waals surface area contributed by atoms with Crippen LogP contribution in [0, 0.1) is 6.92 Å². The van der Waals surface area contributed by atoms with Crippen molar-refractivity contribution in [1.29, 1.82) is 0 Å². The first-order valence-electron chi connectivity index (χ1n) is 7.37. The zero-order chi connectivity index (χ0) is 16.1. The monoisotopic (exact) mass is 297 g/mol. The molecular formula is C18H23N3O. The molecule has 2 N–H and O–H groups in total. The Bertz CT molecular complexity index is 638. The summed E-state index contributed by atoms with van der Waals surface area (Å²) in [4.78, 5) is 16.8. The summed E-state index contributed by atoms with van der Waals surface area (Å²) < 4.78 is 0. The van der Waals surface area contributed by atoms with Crippen LogP contribution < -0.4 is 10.6 Å². The number of nitrogens with zero attached hydrogens (tertiary/aromatic N) is 2. The molecule has 2 aromatic carbocycles. The molecule has 0 aliphatic carbocycles. The number of hydrogen-bond acceptors (Lipinski definition) is 3. The number of amides is 1. The van der Waals surface area contributed by atoms with Crippen LogP contribution in [0.3, 0.4) is 0 Å². The first kappa shape index (κ1) is 16.0. The maximum atomic E-state index is 12.9. The van der Waals surface area contributed by atoms with E-state index < -0.39 is 0 Å². The third-order valence-electron chi connectivity index (χ3n) is 3.52. The van der Waals surface area contributed by atoms with Gasteiger partial charge in [-0.2, -0.15) is 0 Å². The Hall–Kier alpha value is -2.33. The van der Waals surface area contributed by atoms with Gasteiger partial charge in [-0.1, -0.05) is 24.3 Å². The fourth-order valence-corrected chi connectivity index (χ4v) is 2.28. The molecular weight excluding hydrogens is 274 g/mol. The van der Waals surface area contributed by atoms with Gasteiger partial charge in [-0.05, 0) is 50.8 Å². The molecule has 2 aromatic rings. The van der Waals surface area contributed by atoms with Gasteiger partial charge in [-0.15, -0.1) is 0 Å². The molecule has 0 bridgehead atoms. The number of nitrogen functional groups attached to an aromatic ring is 1. The molecule has 0 unspecified atom stereocenters. The number of rotatable bonds is 5. The standard InChI is InChI=1S/C18H23N3O/c1-14-9-10-16(17(19)13-14)18(22)21(12-11-20(2)3)15-7-5-4-6-8-15/h4-10,13H,11-12,19H2,1-3H3. The summed E-state index contributed by atoms with van der Waals surface area (Å²) in [6.07, 6.45) is 0. The van der Waals surface area contributed by atoms with Crippen molar-refractivity contribution in [3.05, 3.63) is 59.7 Å². The summed E-state index contributed by atoms with van der Waals surface area (Å²) in [5, 5.41) is 0. The minimum atomic E-state index is -0.0643. The second kappa shape index (κ2) is 7.09. The minimum absolute atomic E-state index is 0.0643. The van der Waals surface area contributed by atoms with Crippen molar-refractivity contribution in [2.24, 2.45) is 0 Å². The van der Waals surface area contributed by atoms with E-state index in [0.717, 1.165) is 17.8 Å². The fourth-order valence-electron chi connectivity index (χ4n) is 2.28. The first-order chi connectivity index (χ1) is 10.5. The predicted octanol–water partition coefficient (Wildman–Crippen LogP) is 2.79. The van der Waals surface area contributed by atoms with Gasteiger partial charge in [0.15, 0.2) is 0 Å². The predicted molar refractivity (Wildman–Crippen MR) is 92.3 cm³/mol. The molecule has 22 heavy (non-hydrogen) atoms. The normalized spacial score (nSPS) is 10.7. The van der Waals surface area contributed by atoms with Gasteiger partial charge < -0.3 is 15.5 Å². The lowest BCUT2D eigenvalue weighted by atomic mass is 10.1. The van der Waals surface area contributed by atoms with Crippen molar-refractivity contribution in [3.8, 4) is 0 Å². The van der Waals surface area contributed by atoms with Gasteiger partial charge in [0.2, 0.25) is 0 Å². The molecule has 0 aromatic heterocycles. The average molecular weight is 297 g/mol. The van der Waals surface area contributed by atoms with E-state index >= 15 is 0 Å². The maximum absolute atomic E-state index is 12.9. The Labute approximate surface area is 132 Å². The van der Waals surface area contributed by atoms with Crippen molar-refractivity contribution < 1.29 is 4.79 Å². The van der Waals surface area contributed by atoms with E-state index in [4.69, 9.17) is 5.73 Å². The van der Waals surface area contributed by atoms with Crippen LogP contribution >= 0.6 is 0 Å². The van der Waals surface area contributed by atoms with E-state index in [-0.39, 0.29) is 5.91 Å². The van der Waals surface area contributed by atoms with Crippen LogP contribution in [0.1, 0.15) is 15.9 Å². The number of aryl methyl sites for hydroxylation is 1. The molecule has 0 atom stereocenters. The highest BCUT2D eigenvalue weighted by Crippen LogP contribution is 2.21. The number of nitrogens with two attached hydrogens (primary N) is 1. The van der Waals surface area contributed by atoms with Crippen LogP contribution in [0.25, 0.3) is 0 Å². The molecule has 0 saturated carbocycles. The Morgan fingerprint density at radius 3 is 2.32 bits per heavy atom. The minimum Gasteiger partial charge on any atom is -0.398 e. The van der Waals surface area contributed by atoms with Gasteiger partial charge in [0.1, 0.15) is 0 Å². The maximum Gasteiger partial charge on any atom is 0.260 e. The van der Waals surface area contributed by atoms with Crippen molar-refractivity contribution in [1.82, 2.24) is 4.90 Å². The zero-order valence-corrected chi connectivity index (χ0v) is 13.4. The van der Waals surface area contributed by atoms with E-state index in [2.05, 4.69) is 4.90 Å². The quantitative estimate of drug-likeness (QED) is 0.863. The van der Waals surface area contributed by atoms with Crippen molar-refractivity contribution in [2.75, 3.05) is 37.8 Å². The number of hydrogen-bond donors (Lipinski definition) is 1. The molecule has 4 nitrogen and oxygen atoms in total. The van der Waals surface area contributed by atoms with Crippen LogP contribution in [0.4, 0.5) is 11.4 Å². The largest absolute Gasteiger partial charge is 0.398 e. The van der Waals surface area contributed by atoms with Gasteiger partial charge in [0.25, 0.3) is 5.91 Å². The molecule has 0 aliphatic rings. The van der Waals surface area contributed by atoms with Gasteiger partial charge in [0, 0.05) is 24.5 Å². The molecule has 1 amide bonds. The molecule has 0 radical (unpaired) electrons. The van der Waals surface area contributed by atoms with Crippen LogP contribution in [-0.4, -0.2) is 38.0 Å². The van der Waals surface area contributed by atoms with Crippen molar-refractivity contribution in [2.45, 2.75) is 6.92 Å². The van der Waals surface area contributed by atoms with Gasteiger partial charge in [0.05, 0.1) is 5.56 Å². The van der Waals surface area contributed by atoms with Crippen molar-refractivity contribution >= 4 is 17.3 Å². The van der Waals surface area contributed by atoms with Gasteiger partial charge >= 0.3 is 0 Å². The average Bonchev–Trinajstić information content (AvgIpc) is 2.48. The van der Waals surface area contributed by atoms with Gasteiger partial charge in [-0.3, -0.25) is 4.79 Å². The SMILES string of the molecule is Cc1ccc(C(=O)N(CCN(C)C)c2ccccc2)c(N)c1. The van der Waals surface area contributed by atoms with Gasteiger partial charge in [-0.25, -0.2) is 0 Å². The third kappa shape index (κ3) is 3.86. The number of likely N-dealkylation sites (N-methyl/N-ethyl adjacent to an activating group) is 1. The number of anilines is 2. The number of carbonyl (C=O) groups excluding carboxylic acids is 1. The lowest BCUT2D eigenvalue weighted by Crippen LogP contribution is -2.37. The lowest BCUT2D eigenvalue weighted by Gasteiger charge is -2.25. The molecule has 116 valence electrons.